The van der Waals surface area contributed by atoms with Crippen LogP contribution < -0.4 is 4.90 Å². The molecule has 0 unspecified atom stereocenters. The molecule has 1 aliphatic rings. The number of benzene rings is 6. The van der Waals surface area contributed by atoms with Crippen LogP contribution in [0.1, 0.15) is 22.3 Å². The van der Waals surface area contributed by atoms with Gasteiger partial charge in [-0.05, 0) is 75.8 Å². The minimum absolute atomic E-state index is 0.443. The third kappa shape index (κ3) is 3.78. The van der Waals surface area contributed by atoms with Gasteiger partial charge in [-0.2, -0.15) is 0 Å². The van der Waals surface area contributed by atoms with Gasteiger partial charge in [0, 0.05) is 22.1 Å². The molecular weight excluding hydrogens is 494 g/mol. The molecule has 0 amide bonds. The Kier molecular flexibility index (Phi) is 5.80. The van der Waals surface area contributed by atoms with Crippen molar-refractivity contribution in [3.63, 3.8) is 0 Å². The van der Waals surface area contributed by atoms with Crippen molar-refractivity contribution in [2.24, 2.45) is 0 Å². The lowest BCUT2D eigenvalue weighted by Crippen LogP contribution is -2.28. The normalized spacial score (nSPS) is 12.9. The van der Waals surface area contributed by atoms with Crippen LogP contribution in [-0.4, -0.2) is 0 Å². The summed E-state index contributed by atoms with van der Waals surface area (Å²) >= 11 is 6.49. The van der Waals surface area contributed by atoms with E-state index >= 15 is 0 Å². The minimum Gasteiger partial charge on any atom is -0.310 e. The summed E-state index contributed by atoms with van der Waals surface area (Å²) in [6.45, 7) is 0. The Morgan fingerprint density at radius 2 is 0.897 bits per heavy atom. The number of hydrogen-bond donors (Lipinski definition) is 0. The fourth-order valence-electron chi connectivity index (χ4n) is 6.23. The van der Waals surface area contributed by atoms with Crippen LogP contribution in [0, 0.1) is 0 Å². The average Bonchev–Trinajstić information content (AvgIpc) is 3.30. The summed E-state index contributed by atoms with van der Waals surface area (Å²) in [4.78, 5) is 2.28. The molecule has 0 aliphatic heterocycles. The van der Waals surface area contributed by atoms with E-state index in [4.69, 9.17) is 11.6 Å². The quantitative estimate of drug-likeness (QED) is 0.218. The summed E-state index contributed by atoms with van der Waals surface area (Å²) in [5, 5.41) is 0.712. The first kappa shape index (κ1) is 23.5. The first-order valence-corrected chi connectivity index (χ1v) is 13.6. The van der Waals surface area contributed by atoms with E-state index in [0.717, 1.165) is 17.1 Å². The van der Waals surface area contributed by atoms with E-state index in [-0.39, 0.29) is 0 Å². The standard InChI is InChI=1S/C37H26ClN/c38-29-16-12-20-32(26-29)39(30-17-5-2-6-18-30)31-19-11-15-28(25-31)37(27-13-3-1-4-14-27)35-23-9-7-21-33(35)34-22-8-10-24-36(34)37/h1-26H. The van der Waals surface area contributed by atoms with E-state index in [1.165, 1.54) is 33.4 Å². The van der Waals surface area contributed by atoms with Gasteiger partial charge in [-0.3, -0.25) is 0 Å². The zero-order valence-corrected chi connectivity index (χ0v) is 22.1. The fraction of sp³-hybridized carbons (Fsp3) is 0.0270. The SMILES string of the molecule is Clc1cccc(N(c2ccccc2)c2cccc(C3(c4ccccc4)c4ccccc4-c4ccccc43)c2)c1. The first-order valence-electron chi connectivity index (χ1n) is 13.2. The third-order valence-corrected chi connectivity index (χ3v) is 8.01. The second-order valence-electron chi connectivity index (χ2n) is 9.91. The maximum Gasteiger partial charge on any atom is 0.0714 e. The van der Waals surface area contributed by atoms with Crippen LogP contribution in [0.15, 0.2) is 158 Å². The molecule has 6 aromatic rings. The lowest BCUT2D eigenvalue weighted by molar-refractivity contribution is 0.768. The van der Waals surface area contributed by atoms with E-state index in [2.05, 4.69) is 138 Å². The van der Waals surface area contributed by atoms with Gasteiger partial charge in [-0.1, -0.05) is 127 Å². The lowest BCUT2D eigenvalue weighted by atomic mass is 9.67. The monoisotopic (exact) mass is 519 g/mol. The van der Waals surface area contributed by atoms with Crippen LogP contribution in [0.3, 0.4) is 0 Å². The van der Waals surface area contributed by atoms with Gasteiger partial charge in [-0.25, -0.2) is 0 Å². The smallest absolute Gasteiger partial charge is 0.0714 e. The van der Waals surface area contributed by atoms with Crippen LogP contribution in [-0.2, 0) is 5.41 Å². The molecule has 7 rings (SSSR count). The molecule has 0 fully saturated rings. The Hall–Kier alpha value is -4.59. The molecule has 186 valence electrons. The van der Waals surface area contributed by atoms with Gasteiger partial charge in [0.1, 0.15) is 0 Å². The molecule has 0 saturated heterocycles. The fourth-order valence-corrected chi connectivity index (χ4v) is 6.41. The average molecular weight is 520 g/mol. The van der Waals surface area contributed by atoms with Crippen molar-refractivity contribution >= 4 is 28.7 Å². The molecule has 0 aromatic heterocycles. The van der Waals surface area contributed by atoms with Gasteiger partial charge >= 0.3 is 0 Å². The molecule has 0 saturated carbocycles. The Balaban J connectivity index is 1.52. The predicted molar refractivity (Wildman–Crippen MR) is 163 cm³/mol. The number of halogens is 1. The molecule has 39 heavy (non-hydrogen) atoms. The lowest BCUT2D eigenvalue weighted by Gasteiger charge is -2.35. The number of rotatable bonds is 5. The van der Waals surface area contributed by atoms with E-state index < -0.39 is 5.41 Å². The highest BCUT2D eigenvalue weighted by atomic mass is 35.5. The van der Waals surface area contributed by atoms with Gasteiger partial charge in [-0.15, -0.1) is 0 Å². The van der Waals surface area contributed by atoms with Crippen LogP contribution in [0.5, 0.6) is 0 Å². The summed E-state index contributed by atoms with van der Waals surface area (Å²) in [6.07, 6.45) is 0. The number of fused-ring (bicyclic) bond motifs is 3. The highest BCUT2D eigenvalue weighted by molar-refractivity contribution is 6.30. The van der Waals surface area contributed by atoms with Crippen LogP contribution in [0.25, 0.3) is 11.1 Å². The van der Waals surface area contributed by atoms with Gasteiger partial charge in [0.25, 0.3) is 0 Å². The number of para-hydroxylation sites is 1. The van der Waals surface area contributed by atoms with E-state index in [9.17, 15) is 0 Å². The van der Waals surface area contributed by atoms with Crippen molar-refractivity contribution < 1.29 is 0 Å². The summed E-state index contributed by atoms with van der Waals surface area (Å²) in [6, 6.07) is 56.1. The molecular formula is C37H26ClN. The third-order valence-electron chi connectivity index (χ3n) is 7.78. The van der Waals surface area contributed by atoms with E-state index in [0.29, 0.717) is 5.02 Å². The van der Waals surface area contributed by atoms with Gasteiger partial charge in [0.15, 0.2) is 0 Å². The predicted octanol–water partition coefficient (Wildman–Crippen LogP) is 10.2. The van der Waals surface area contributed by atoms with Crippen molar-refractivity contribution in [1.29, 1.82) is 0 Å². The Morgan fingerprint density at radius 1 is 0.410 bits per heavy atom. The van der Waals surface area contributed by atoms with Crippen molar-refractivity contribution in [2.45, 2.75) is 5.41 Å². The molecule has 0 heterocycles. The molecule has 0 radical (unpaired) electrons. The van der Waals surface area contributed by atoms with Crippen molar-refractivity contribution in [3.8, 4) is 11.1 Å². The van der Waals surface area contributed by atoms with Gasteiger partial charge < -0.3 is 4.90 Å². The summed E-state index contributed by atoms with van der Waals surface area (Å²) in [5.74, 6) is 0. The molecule has 6 aromatic carbocycles. The van der Waals surface area contributed by atoms with E-state index in [1.807, 2.05) is 24.3 Å². The molecule has 2 heteroatoms. The highest BCUT2D eigenvalue weighted by Crippen LogP contribution is 2.56. The van der Waals surface area contributed by atoms with Crippen LogP contribution >= 0.6 is 11.6 Å². The van der Waals surface area contributed by atoms with Crippen molar-refractivity contribution in [1.82, 2.24) is 0 Å². The van der Waals surface area contributed by atoms with Crippen molar-refractivity contribution in [3.05, 3.63) is 185 Å². The Labute approximate surface area is 234 Å². The number of anilines is 3. The maximum absolute atomic E-state index is 6.49. The Bertz CT molecular complexity index is 1730. The summed E-state index contributed by atoms with van der Waals surface area (Å²) in [5.41, 5.74) is 10.4. The molecule has 0 spiro atoms. The highest BCUT2D eigenvalue weighted by Gasteiger charge is 2.45. The molecule has 1 nitrogen and oxygen atoms in total. The van der Waals surface area contributed by atoms with Crippen molar-refractivity contribution in [2.75, 3.05) is 4.90 Å². The zero-order valence-electron chi connectivity index (χ0n) is 21.3. The topological polar surface area (TPSA) is 3.24 Å². The molecule has 1 aliphatic carbocycles. The largest absolute Gasteiger partial charge is 0.310 e. The van der Waals surface area contributed by atoms with E-state index in [1.54, 1.807) is 0 Å². The maximum atomic E-state index is 6.49. The number of hydrogen-bond acceptors (Lipinski definition) is 1. The summed E-state index contributed by atoms with van der Waals surface area (Å²) < 4.78 is 0. The minimum atomic E-state index is -0.443. The van der Waals surface area contributed by atoms with Gasteiger partial charge in [0.05, 0.1) is 5.41 Å². The number of nitrogens with zero attached hydrogens (tertiary/aromatic N) is 1. The van der Waals surface area contributed by atoms with Crippen LogP contribution in [0.2, 0.25) is 5.02 Å². The second-order valence-corrected chi connectivity index (χ2v) is 10.3. The molecule has 0 N–H and O–H groups in total. The van der Waals surface area contributed by atoms with Gasteiger partial charge in [0.2, 0.25) is 0 Å². The first-order chi connectivity index (χ1) is 19.3. The zero-order chi connectivity index (χ0) is 26.2. The van der Waals surface area contributed by atoms with Crippen LogP contribution in [0.4, 0.5) is 17.1 Å². The molecule has 0 bridgehead atoms. The Morgan fingerprint density at radius 3 is 1.54 bits per heavy atom. The second kappa shape index (κ2) is 9.62. The summed E-state index contributed by atoms with van der Waals surface area (Å²) in [7, 11) is 0. The molecule has 0 atom stereocenters.